The van der Waals surface area contributed by atoms with Crippen LogP contribution in [0.15, 0.2) is 0 Å². The van der Waals surface area contributed by atoms with Gasteiger partial charge in [0.05, 0.1) is 13.1 Å². The standard InChI is InChI=1S/C9H14N2O4/c1-10-5-8(13)11(6-7(10)12)4-2-3-9(14)15/h2-6H2,1H3,(H,14,15). The summed E-state index contributed by atoms with van der Waals surface area (Å²) in [6.07, 6.45) is 0.409. The van der Waals surface area contributed by atoms with Crippen molar-refractivity contribution < 1.29 is 19.5 Å². The Morgan fingerprint density at radius 3 is 2.60 bits per heavy atom. The summed E-state index contributed by atoms with van der Waals surface area (Å²) in [7, 11) is 1.58. The van der Waals surface area contributed by atoms with E-state index in [0.717, 1.165) is 0 Å². The third kappa shape index (κ3) is 3.23. The van der Waals surface area contributed by atoms with Crippen LogP contribution in [-0.2, 0) is 14.4 Å². The van der Waals surface area contributed by atoms with Crippen LogP contribution in [0.3, 0.4) is 0 Å². The Morgan fingerprint density at radius 2 is 2.00 bits per heavy atom. The largest absolute Gasteiger partial charge is 0.481 e. The minimum Gasteiger partial charge on any atom is -0.481 e. The van der Waals surface area contributed by atoms with Gasteiger partial charge in [0.2, 0.25) is 11.8 Å². The fourth-order valence-electron chi connectivity index (χ4n) is 1.39. The van der Waals surface area contributed by atoms with Crippen LogP contribution < -0.4 is 0 Å². The molecule has 0 radical (unpaired) electrons. The highest BCUT2D eigenvalue weighted by Gasteiger charge is 2.26. The average Bonchev–Trinajstić information content (AvgIpc) is 2.13. The Bertz CT molecular complexity index is 290. The van der Waals surface area contributed by atoms with Crippen LogP contribution in [0.4, 0.5) is 0 Å². The van der Waals surface area contributed by atoms with Crippen molar-refractivity contribution in [3.63, 3.8) is 0 Å². The minimum atomic E-state index is -0.886. The quantitative estimate of drug-likeness (QED) is 0.661. The number of piperazine rings is 1. The zero-order valence-electron chi connectivity index (χ0n) is 8.60. The lowest BCUT2D eigenvalue weighted by molar-refractivity contribution is -0.149. The Labute approximate surface area is 87.5 Å². The van der Waals surface area contributed by atoms with Crippen LogP contribution in [0.5, 0.6) is 0 Å². The monoisotopic (exact) mass is 214 g/mol. The lowest BCUT2D eigenvalue weighted by atomic mass is 10.2. The highest BCUT2D eigenvalue weighted by molar-refractivity contribution is 5.92. The summed E-state index contributed by atoms with van der Waals surface area (Å²) in [6.45, 7) is 0.492. The number of aliphatic carboxylic acids is 1. The van der Waals surface area contributed by atoms with Gasteiger partial charge >= 0.3 is 5.97 Å². The van der Waals surface area contributed by atoms with Gasteiger partial charge < -0.3 is 14.9 Å². The molecular weight excluding hydrogens is 200 g/mol. The Hall–Kier alpha value is -1.59. The molecule has 0 bridgehead atoms. The van der Waals surface area contributed by atoms with Gasteiger partial charge in [0, 0.05) is 20.0 Å². The summed E-state index contributed by atoms with van der Waals surface area (Å²) in [6, 6.07) is 0. The van der Waals surface area contributed by atoms with Crippen LogP contribution in [0.25, 0.3) is 0 Å². The number of amides is 2. The maximum atomic E-state index is 11.4. The molecule has 1 saturated heterocycles. The molecule has 0 aromatic rings. The van der Waals surface area contributed by atoms with E-state index in [1.165, 1.54) is 9.80 Å². The smallest absolute Gasteiger partial charge is 0.303 e. The molecule has 2 amide bonds. The van der Waals surface area contributed by atoms with Crippen LogP contribution in [0.2, 0.25) is 0 Å². The van der Waals surface area contributed by atoms with Crippen molar-refractivity contribution in [3.05, 3.63) is 0 Å². The van der Waals surface area contributed by atoms with E-state index in [1.807, 2.05) is 0 Å². The second-order valence-corrected chi connectivity index (χ2v) is 3.56. The first-order chi connectivity index (χ1) is 7.00. The van der Waals surface area contributed by atoms with Crippen molar-refractivity contribution in [2.75, 3.05) is 26.7 Å². The molecule has 1 N–H and O–H groups in total. The van der Waals surface area contributed by atoms with Gasteiger partial charge in [-0.05, 0) is 6.42 Å². The highest BCUT2D eigenvalue weighted by Crippen LogP contribution is 2.04. The molecule has 0 atom stereocenters. The van der Waals surface area contributed by atoms with Gasteiger partial charge in [-0.1, -0.05) is 0 Å². The number of hydrogen-bond acceptors (Lipinski definition) is 3. The van der Waals surface area contributed by atoms with E-state index in [9.17, 15) is 14.4 Å². The zero-order valence-corrected chi connectivity index (χ0v) is 8.60. The molecule has 1 aliphatic heterocycles. The molecule has 6 heteroatoms. The van der Waals surface area contributed by atoms with Crippen LogP contribution in [-0.4, -0.2) is 59.4 Å². The Kier molecular flexibility index (Phi) is 3.65. The van der Waals surface area contributed by atoms with Gasteiger partial charge in [-0.15, -0.1) is 0 Å². The first-order valence-corrected chi connectivity index (χ1v) is 4.74. The number of carboxylic acid groups (broad SMARTS) is 1. The lowest BCUT2D eigenvalue weighted by Crippen LogP contribution is -2.52. The van der Waals surface area contributed by atoms with E-state index in [2.05, 4.69) is 0 Å². The Balaban J connectivity index is 2.38. The lowest BCUT2D eigenvalue weighted by Gasteiger charge is -2.31. The van der Waals surface area contributed by atoms with Gasteiger partial charge in [0.1, 0.15) is 0 Å². The van der Waals surface area contributed by atoms with E-state index >= 15 is 0 Å². The molecule has 0 spiro atoms. The molecule has 1 aliphatic rings. The van der Waals surface area contributed by atoms with Crippen LogP contribution in [0, 0.1) is 0 Å². The first kappa shape index (κ1) is 11.5. The number of hydrogen-bond donors (Lipinski definition) is 1. The molecule has 0 saturated carbocycles. The van der Waals surface area contributed by atoms with Crippen molar-refractivity contribution in [2.45, 2.75) is 12.8 Å². The second kappa shape index (κ2) is 4.77. The molecule has 84 valence electrons. The number of carbonyl (C=O) groups is 3. The summed E-state index contributed by atoms with van der Waals surface area (Å²) in [5.41, 5.74) is 0. The molecule has 15 heavy (non-hydrogen) atoms. The maximum Gasteiger partial charge on any atom is 0.303 e. The summed E-state index contributed by atoms with van der Waals surface area (Å²) < 4.78 is 0. The fourth-order valence-corrected chi connectivity index (χ4v) is 1.39. The number of carboxylic acids is 1. The third-order valence-corrected chi connectivity index (χ3v) is 2.30. The van der Waals surface area contributed by atoms with Crippen molar-refractivity contribution in [2.24, 2.45) is 0 Å². The van der Waals surface area contributed by atoms with Crippen molar-refractivity contribution >= 4 is 17.8 Å². The Morgan fingerprint density at radius 1 is 1.33 bits per heavy atom. The molecule has 1 rings (SSSR count). The van der Waals surface area contributed by atoms with Crippen LogP contribution in [0.1, 0.15) is 12.8 Å². The molecule has 0 unspecified atom stereocenters. The predicted molar refractivity (Wildman–Crippen MR) is 51.1 cm³/mol. The first-order valence-electron chi connectivity index (χ1n) is 4.74. The molecule has 0 aromatic carbocycles. The summed E-state index contributed by atoms with van der Waals surface area (Å²) in [5, 5.41) is 8.42. The number of nitrogens with zero attached hydrogens (tertiary/aromatic N) is 2. The fraction of sp³-hybridized carbons (Fsp3) is 0.667. The van der Waals surface area contributed by atoms with E-state index in [1.54, 1.807) is 7.05 Å². The highest BCUT2D eigenvalue weighted by atomic mass is 16.4. The van der Waals surface area contributed by atoms with Crippen molar-refractivity contribution in [1.82, 2.24) is 9.80 Å². The SMILES string of the molecule is CN1CC(=O)N(CCCC(=O)O)CC1=O. The van der Waals surface area contributed by atoms with E-state index < -0.39 is 5.97 Å². The summed E-state index contributed by atoms with van der Waals surface area (Å²) in [4.78, 5) is 35.7. The predicted octanol–water partition coefficient (Wildman–Crippen LogP) is -0.848. The van der Waals surface area contributed by atoms with Gasteiger partial charge in [-0.3, -0.25) is 14.4 Å². The molecule has 0 aliphatic carbocycles. The van der Waals surface area contributed by atoms with Crippen molar-refractivity contribution in [1.29, 1.82) is 0 Å². The van der Waals surface area contributed by atoms with Crippen LogP contribution >= 0.6 is 0 Å². The number of carbonyl (C=O) groups excluding carboxylic acids is 2. The number of likely N-dealkylation sites (N-methyl/N-ethyl adjacent to an activating group) is 1. The average molecular weight is 214 g/mol. The molecule has 6 nitrogen and oxygen atoms in total. The summed E-state index contributed by atoms with van der Waals surface area (Å²) >= 11 is 0. The van der Waals surface area contributed by atoms with Crippen molar-refractivity contribution in [3.8, 4) is 0 Å². The molecular formula is C9H14N2O4. The van der Waals surface area contributed by atoms with Gasteiger partial charge in [0.15, 0.2) is 0 Å². The molecule has 0 aromatic heterocycles. The van der Waals surface area contributed by atoms with E-state index in [-0.39, 0.29) is 31.3 Å². The van der Waals surface area contributed by atoms with Gasteiger partial charge in [0.25, 0.3) is 0 Å². The van der Waals surface area contributed by atoms with Gasteiger partial charge in [-0.25, -0.2) is 0 Å². The second-order valence-electron chi connectivity index (χ2n) is 3.56. The zero-order chi connectivity index (χ0) is 11.4. The molecule has 1 fully saturated rings. The summed E-state index contributed by atoms with van der Waals surface area (Å²) in [5.74, 6) is -1.12. The van der Waals surface area contributed by atoms with E-state index in [0.29, 0.717) is 13.0 Å². The third-order valence-electron chi connectivity index (χ3n) is 2.30. The molecule has 1 heterocycles. The van der Waals surface area contributed by atoms with Gasteiger partial charge in [-0.2, -0.15) is 0 Å². The minimum absolute atomic E-state index is 0.0216. The number of rotatable bonds is 4. The van der Waals surface area contributed by atoms with E-state index in [4.69, 9.17) is 5.11 Å². The normalized spacial score (nSPS) is 17.1. The topological polar surface area (TPSA) is 77.9 Å². The maximum absolute atomic E-state index is 11.4.